The van der Waals surface area contributed by atoms with E-state index < -0.39 is 29.2 Å². The van der Waals surface area contributed by atoms with Gasteiger partial charge in [0, 0.05) is 28.9 Å². The number of hydrogen-bond donors (Lipinski definition) is 1. The van der Waals surface area contributed by atoms with E-state index in [-0.39, 0.29) is 40.5 Å². The molecule has 0 saturated carbocycles. The number of rotatable bonds is 8. The Labute approximate surface area is 239 Å². The van der Waals surface area contributed by atoms with Crippen LogP contribution in [0.4, 0.5) is 17.1 Å². The Hall–Kier alpha value is -5.45. The highest BCUT2D eigenvalue weighted by Crippen LogP contribution is 2.39. The molecule has 2 aliphatic rings. The van der Waals surface area contributed by atoms with Crippen LogP contribution < -0.4 is 10.2 Å². The number of nitrogens with one attached hydrogen (secondary N) is 1. The Kier molecular flexibility index (Phi) is 7.74. The molecule has 11 nitrogen and oxygen atoms in total. The van der Waals surface area contributed by atoms with Gasteiger partial charge in [0.2, 0.25) is 11.8 Å². The zero-order chi connectivity index (χ0) is 30.0. The molecule has 0 bridgehead atoms. The molecule has 5 rings (SSSR count). The van der Waals surface area contributed by atoms with E-state index in [9.17, 15) is 34.1 Å². The van der Waals surface area contributed by atoms with Gasteiger partial charge in [0.15, 0.2) is 12.4 Å². The lowest BCUT2D eigenvalue weighted by Gasteiger charge is -2.18. The number of nitro groups is 1. The van der Waals surface area contributed by atoms with Crippen LogP contribution in [-0.2, 0) is 14.3 Å². The summed E-state index contributed by atoms with van der Waals surface area (Å²) in [6, 6.07) is 17.0. The van der Waals surface area contributed by atoms with E-state index in [1.54, 1.807) is 12.1 Å². The minimum atomic E-state index is -0.754. The first-order valence-corrected chi connectivity index (χ1v) is 13.1. The van der Waals surface area contributed by atoms with Crippen LogP contribution in [0.15, 0.2) is 84.4 Å². The predicted molar refractivity (Wildman–Crippen MR) is 151 cm³/mol. The summed E-state index contributed by atoms with van der Waals surface area (Å²) < 4.78 is 5.05. The van der Waals surface area contributed by atoms with Crippen molar-refractivity contribution >= 4 is 46.5 Å². The smallest absolute Gasteiger partial charge is 0.338 e. The van der Waals surface area contributed by atoms with Crippen LogP contribution in [0.1, 0.15) is 50.8 Å². The third kappa shape index (κ3) is 5.71. The number of amides is 3. The number of carbonyl (C=O) groups is 5. The molecular weight excluding hydrogens is 542 g/mol. The molecule has 0 aromatic heterocycles. The number of non-ortho nitro benzene ring substituents is 1. The van der Waals surface area contributed by atoms with Crippen molar-refractivity contribution < 1.29 is 33.6 Å². The fourth-order valence-corrected chi connectivity index (χ4v) is 5.01. The van der Waals surface area contributed by atoms with Gasteiger partial charge < -0.3 is 10.1 Å². The molecule has 1 saturated heterocycles. The largest absolute Gasteiger partial charge is 0.454 e. The van der Waals surface area contributed by atoms with Gasteiger partial charge in [-0.15, -0.1) is 0 Å². The van der Waals surface area contributed by atoms with Gasteiger partial charge in [-0.2, -0.15) is 0 Å². The number of Topliss-reactive ketones (excluding diaryl/α,β-unsaturated/α-hetero) is 1. The van der Waals surface area contributed by atoms with Gasteiger partial charge in [-0.05, 0) is 80.4 Å². The van der Waals surface area contributed by atoms with Gasteiger partial charge in [-0.25, -0.2) is 4.79 Å². The Morgan fingerprint density at radius 1 is 0.881 bits per heavy atom. The van der Waals surface area contributed by atoms with E-state index in [1.165, 1.54) is 65.6 Å². The van der Waals surface area contributed by atoms with Crippen LogP contribution in [0.25, 0.3) is 0 Å². The number of ketones is 1. The van der Waals surface area contributed by atoms with Crippen molar-refractivity contribution in [1.82, 2.24) is 0 Å². The number of esters is 1. The molecule has 3 aromatic carbocycles. The lowest BCUT2D eigenvalue weighted by Crippen LogP contribution is -2.30. The second kappa shape index (κ2) is 11.6. The van der Waals surface area contributed by atoms with E-state index in [4.69, 9.17) is 4.74 Å². The van der Waals surface area contributed by atoms with E-state index >= 15 is 0 Å². The summed E-state index contributed by atoms with van der Waals surface area (Å²) in [6.07, 6.45) is 3.13. The number of fused-ring (bicyclic) bond motifs is 1. The molecular formula is C31H25N3O8. The van der Waals surface area contributed by atoms with Gasteiger partial charge in [-0.1, -0.05) is 11.6 Å². The van der Waals surface area contributed by atoms with Crippen LogP contribution >= 0.6 is 0 Å². The number of imide groups is 1. The van der Waals surface area contributed by atoms with Crippen molar-refractivity contribution in [3.05, 3.63) is 111 Å². The van der Waals surface area contributed by atoms with Crippen LogP contribution in [0, 0.1) is 22.0 Å². The highest BCUT2D eigenvalue weighted by atomic mass is 16.6. The zero-order valence-corrected chi connectivity index (χ0v) is 22.4. The molecule has 3 aromatic rings. The number of nitrogens with zero attached hydrogens (tertiary/aromatic N) is 2. The first-order chi connectivity index (χ1) is 20.1. The number of anilines is 2. The Bertz CT molecular complexity index is 1630. The molecule has 1 aliphatic heterocycles. The lowest BCUT2D eigenvalue weighted by atomic mass is 9.82. The highest BCUT2D eigenvalue weighted by Gasteiger charge is 2.48. The van der Waals surface area contributed by atoms with Gasteiger partial charge in [0.25, 0.3) is 11.6 Å². The number of benzene rings is 3. The number of ether oxygens (including phenoxy) is 1. The average molecular weight is 568 g/mol. The van der Waals surface area contributed by atoms with Crippen molar-refractivity contribution in [1.29, 1.82) is 0 Å². The van der Waals surface area contributed by atoms with Gasteiger partial charge in [0.05, 0.1) is 28.0 Å². The van der Waals surface area contributed by atoms with Gasteiger partial charge >= 0.3 is 5.97 Å². The molecule has 42 heavy (non-hydrogen) atoms. The van der Waals surface area contributed by atoms with E-state index in [2.05, 4.69) is 5.32 Å². The molecule has 1 aliphatic carbocycles. The minimum Gasteiger partial charge on any atom is -0.454 e. The number of hydrogen-bond acceptors (Lipinski definition) is 8. The number of allylic oxidation sites excluding steroid dienone is 2. The zero-order valence-electron chi connectivity index (χ0n) is 22.4. The normalized spacial score (nSPS) is 17.7. The van der Waals surface area contributed by atoms with Crippen LogP contribution in [0.2, 0.25) is 0 Å². The third-order valence-corrected chi connectivity index (χ3v) is 7.32. The summed E-state index contributed by atoms with van der Waals surface area (Å²) >= 11 is 0. The fraction of sp³-hybridized carbons (Fsp3) is 0.194. The Morgan fingerprint density at radius 2 is 1.48 bits per heavy atom. The Morgan fingerprint density at radius 3 is 2.12 bits per heavy atom. The second-order valence-electron chi connectivity index (χ2n) is 10.1. The monoisotopic (exact) mass is 567 g/mol. The molecule has 1 N–H and O–H groups in total. The van der Waals surface area contributed by atoms with E-state index in [0.29, 0.717) is 29.8 Å². The first-order valence-electron chi connectivity index (χ1n) is 13.1. The quantitative estimate of drug-likeness (QED) is 0.102. The first kappa shape index (κ1) is 28.1. The third-order valence-electron chi connectivity index (χ3n) is 7.32. The molecule has 0 radical (unpaired) electrons. The van der Waals surface area contributed by atoms with Crippen molar-refractivity contribution in [3.63, 3.8) is 0 Å². The van der Waals surface area contributed by atoms with E-state index in [1.807, 2.05) is 13.0 Å². The van der Waals surface area contributed by atoms with Crippen molar-refractivity contribution in [3.8, 4) is 0 Å². The van der Waals surface area contributed by atoms with Gasteiger partial charge in [0.1, 0.15) is 0 Å². The van der Waals surface area contributed by atoms with Crippen LogP contribution in [-0.4, -0.2) is 41.0 Å². The SMILES string of the molecule is CC1=CC[C@@H]2C(=O)N(c3ccc(C(=O)Nc4ccc(C(=O)OCC(=O)c5ccc([N+](=O)[O-])cc5)cc4)cc3)C(=O)[C@@H]2C1. The molecule has 0 spiro atoms. The number of carbonyl (C=O) groups excluding carboxylic acids is 5. The minimum absolute atomic E-state index is 0.153. The summed E-state index contributed by atoms with van der Waals surface area (Å²) in [5.41, 5.74) is 2.39. The molecule has 11 heteroatoms. The standard InChI is InChI=1S/C31H25N3O8/c1-18-2-15-25-26(16-18)30(38)33(29(25)37)23-11-7-20(8-12-23)28(36)32-22-9-3-21(4-10-22)31(39)42-17-27(35)19-5-13-24(14-6-19)34(40)41/h2-14,25-26H,15-17H2,1H3,(H,32,36)/t25-,26+/m0/s1. The molecule has 1 fully saturated rings. The summed E-state index contributed by atoms with van der Waals surface area (Å²) in [5.74, 6) is -2.84. The maximum Gasteiger partial charge on any atom is 0.338 e. The molecule has 212 valence electrons. The lowest BCUT2D eigenvalue weighted by molar-refractivity contribution is -0.384. The Balaban J connectivity index is 1.15. The van der Waals surface area contributed by atoms with Crippen LogP contribution in [0.3, 0.4) is 0 Å². The number of nitro benzene ring substituents is 1. The average Bonchev–Trinajstić information content (AvgIpc) is 3.24. The summed E-state index contributed by atoms with van der Waals surface area (Å²) in [6.45, 7) is 1.41. The maximum atomic E-state index is 12.9. The topological polar surface area (TPSA) is 153 Å². The second-order valence-corrected chi connectivity index (χ2v) is 10.1. The molecule has 0 unspecified atom stereocenters. The van der Waals surface area contributed by atoms with Crippen molar-refractivity contribution in [2.24, 2.45) is 11.8 Å². The van der Waals surface area contributed by atoms with Crippen molar-refractivity contribution in [2.45, 2.75) is 19.8 Å². The summed E-state index contributed by atoms with van der Waals surface area (Å²) in [5, 5.41) is 13.4. The highest BCUT2D eigenvalue weighted by molar-refractivity contribution is 6.22. The summed E-state index contributed by atoms with van der Waals surface area (Å²) in [4.78, 5) is 74.6. The van der Waals surface area contributed by atoms with Crippen LogP contribution in [0.5, 0.6) is 0 Å². The maximum absolute atomic E-state index is 12.9. The van der Waals surface area contributed by atoms with Crippen molar-refractivity contribution in [2.75, 3.05) is 16.8 Å². The molecule has 2 atom stereocenters. The summed E-state index contributed by atoms with van der Waals surface area (Å²) in [7, 11) is 0. The van der Waals surface area contributed by atoms with E-state index in [0.717, 1.165) is 5.57 Å². The molecule has 1 heterocycles. The fourth-order valence-electron chi connectivity index (χ4n) is 5.01. The molecule has 3 amide bonds. The predicted octanol–water partition coefficient (Wildman–Crippen LogP) is 4.73. The van der Waals surface area contributed by atoms with Gasteiger partial charge in [-0.3, -0.25) is 34.2 Å².